The third kappa shape index (κ3) is 4.55. The minimum absolute atomic E-state index is 0.00241. The van der Waals surface area contributed by atoms with Crippen LogP contribution in [-0.2, 0) is 14.8 Å². The SMILES string of the molecule is Cc1ccc(N2CCCC2=O)cc1S(=O)(=O)NCCNC(=O)c1ccccn1. The van der Waals surface area contributed by atoms with Crippen molar-refractivity contribution in [3.05, 3.63) is 53.9 Å². The van der Waals surface area contributed by atoms with Gasteiger partial charge in [0.2, 0.25) is 15.9 Å². The van der Waals surface area contributed by atoms with Gasteiger partial charge in [-0.1, -0.05) is 12.1 Å². The Morgan fingerprint density at radius 3 is 2.71 bits per heavy atom. The van der Waals surface area contributed by atoms with Gasteiger partial charge < -0.3 is 10.2 Å². The van der Waals surface area contributed by atoms with Gasteiger partial charge in [-0.2, -0.15) is 0 Å². The predicted molar refractivity (Wildman–Crippen MR) is 105 cm³/mol. The molecular formula is C19H22N4O4S. The van der Waals surface area contributed by atoms with E-state index >= 15 is 0 Å². The fraction of sp³-hybridized carbons (Fsp3) is 0.316. The first-order valence-electron chi connectivity index (χ1n) is 8.98. The van der Waals surface area contributed by atoms with Crippen LogP contribution in [0.3, 0.4) is 0 Å². The fourth-order valence-electron chi connectivity index (χ4n) is 2.99. The summed E-state index contributed by atoms with van der Waals surface area (Å²) in [5, 5.41) is 2.62. The van der Waals surface area contributed by atoms with Crippen LogP contribution < -0.4 is 14.9 Å². The van der Waals surface area contributed by atoms with Gasteiger partial charge in [-0.3, -0.25) is 14.6 Å². The zero-order chi connectivity index (χ0) is 20.1. The lowest BCUT2D eigenvalue weighted by Gasteiger charge is -2.18. The molecule has 1 saturated heterocycles. The summed E-state index contributed by atoms with van der Waals surface area (Å²) in [5.74, 6) is -0.372. The topological polar surface area (TPSA) is 108 Å². The van der Waals surface area contributed by atoms with E-state index in [1.165, 1.54) is 12.3 Å². The average molecular weight is 402 g/mol. The number of rotatable bonds is 7. The van der Waals surface area contributed by atoms with E-state index in [0.29, 0.717) is 24.2 Å². The molecule has 0 radical (unpaired) electrons. The highest BCUT2D eigenvalue weighted by atomic mass is 32.2. The molecule has 2 amide bonds. The molecule has 1 fully saturated rings. The molecule has 0 atom stereocenters. The highest BCUT2D eigenvalue weighted by Gasteiger charge is 2.24. The molecule has 1 aliphatic heterocycles. The Bertz CT molecular complexity index is 977. The molecule has 1 aromatic carbocycles. The van der Waals surface area contributed by atoms with E-state index in [-0.39, 0.29) is 35.5 Å². The van der Waals surface area contributed by atoms with Crippen LogP contribution in [0.25, 0.3) is 0 Å². The van der Waals surface area contributed by atoms with Crippen LogP contribution in [0.15, 0.2) is 47.5 Å². The smallest absolute Gasteiger partial charge is 0.269 e. The lowest BCUT2D eigenvalue weighted by molar-refractivity contribution is -0.117. The molecule has 0 spiro atoms. The number of anilines is 1. The minimum Gasteiger partial charge on any atom is -0.349 e. The number of hydrogen-bond acceptors (Lipinski definition) is 5. The zero-order valence-electron chi connectivity index (χ0n) is 15.5. The van der Waals surface area contributed by atoms with Crippen molar-refractivity contribution in [1.29, 1.82) is 0 Å². The maximum absolute atomic E-state index is 12.7. The molecule has 0 bridgehead atoms. The molecule has 2 aromatic rings. The second-order valence-corrected chi connectivity index (χ2v) is 8.20. The van der Waals surface area contributed by atoms with Crippen LogP contribution in [0.1, 0.15) is 28.9 Å². The molecule has 8 nitrogen and oxygen atoms in total. The van der Waals surface area contributed by atoms with Crippen LogP contribution in [0.5, 0.6) is 0 Å². The standard InChI is InChI=1S/C19H22N4O4S/c1-14-7-8-15(23-12-4-6-18(23)24)13-17(14)28(26,27)22-11-10-21-19(25)16-5-2-3-9-20-16/h2-3,5,7-9,13,22H,4,6,10-12H2,1H3,(H,21,25). The molecule has 28 heavy (non-hydrogen) atoms. The van der Waals surface area contributed by atoms with E-state index in [2.05, 4.69) is 15.0 Å². The monoisotopic (exact) mass is 402 g/mol. The third-order valence-corrected chi connectivity index (χ3v) is 6.05. The molecule has 0 saturated carbocycles. The van der Waals surface area contributed by atoms with Gasteiger partial charge in [0.25, 0.3) is 5.91 Å². The van der Waals surface area contributed by atoms with Crippen LogP contribution >= 0.6 is 0 Å². The van der Waals surface area contributed by atoms with Gasteiger partial charge in [-0.05, 0) is 43.2 Å². The quantitative estimate of drug-likeness (QED) is 0.677. The first-order chi connectivity index (χ1) is 13.4. The molecule has 1 aromatic heterocycles. The van der Waals surface area contributed by atoms with Gasteiger partial charge >= 0.3 is 0 Å². The summed E-state index contributed by atoms with van der Waals surface area (Å²) in [4.78, 5) is 29.5. The number of nitrogens with one attached hydrogen (secondary N) is 2. The van der Waals surface area contributed by atoms with Crippen molar-refractivity contribution >= 4 is 27.5 Å². The second kappa shape index (κ2) is 8.49. The molecule has 9 heteroatoms. The van der Waals surface area contributed by atoms with E-state index in [1.54, 1.807) is 42.2 Å². The third-order valence-electron chi connectivity index (χ3n) is 4.45. The van der Waals surface area contributed by atoms with Crippen LogP contribution in [-0.4, -0.2) is 44.9 Å². The van der Waals surface area contributed by atoms with Gasteiger partial charge in [0, 0.05) is 37.9 Å². The number of aromatic nitrogens is 1. The Hall–Kier alpha value is -2.78. The number of carbonyl (C=O) groups is 2. The number of hydrogen-bond donors (Lipinski definition) is 2. The summed E-state index contributed by atoms with van der Waals surface area (Å²) in [7, 11) is -3.78. The Balaban J connectivity index is 1.62. The lowest BCUT2D eigenvalue weighted by atomic mass is 10.2. The summed E-state index contributed by atoms with van der Waals surface area (Å²) in [5.41, 5.74) is 1.43. The van der Waals surface area contributed by atoms with Crippen molar-refractivity contribution in [2.24, 2.45) is 0 Å². The molecule has 0 unspecified atom stereocenters. The normalized spacial score (nSPS) is 14.3. The van der Waals surface area contributed by atoms with Gasteiger partial charge in [0.05, 0.1) is 4.90 Å². The van der Waals surface area contributed by atoms with Crippen molar-refractivity contribution < 1.29 is 18.0 Å². The number of pyridine rings is 1. The van der Waals surface area contributed by atoms with Crippen molar-refractivity contribution in [3.63, 3.8) is 0 Å². The number of amides is 2. The summed E-state index contributed by atoms with van der Waals surface area (Å²) in [6.45, 7) is 2.45. The van der Waals surface area contributed by atoms with Crippen LogP contribution in [0, 0.1) is 6.92 Å². The first-order valence-corrected chi connectivity index (χ1v) is 10.5. The molecular weight excluding hydrogens is 380 g/mol. The summed E-state index contributed by atoms with van der Waals surface area (Å²) in [6.07, 6.45) is 2.76. The summed E-state index contributed by atoms with van der Waals surface area (Å²) >= 11 is 0. The molecule has 1 aliphatic rings. The minimum atomic E-state index is -3.78. The number of benzene rings is 1. The van der Waals surface area contributed by atoms with Gasteiger partial charge in [-0.15, -0.1) is 0 Å². The van der Waals surface area contributed by atoms with E-state index < -0.39 is 10.0 Å². The first kappa shape index (κ1) is 20.0. The van der Waals surface area contributed by atoms with Crippen molar-refractivity contribution in [3.8, 4) is 0 Å². The Morgan fingerprint density at radius 1 is 1.21 bits per heavy atom. The Morgan fingerprint density at radius 2 is 2.04 bits per heavy atom. The lowest BCUT2D eigenvalue weighted by Crippen LogP contribution is -2.35. The Kier molecular flexibility index (Phi) is 6.05. The molecule has 148 valence electrons. The average Bonchev–Trinajstić information content (AvgIpc) is 3.12. The van der Waals surface area contributed by atoms with Crippen LogP contribution in [0.2, 0.25) is 0 Å². The van der Waals surface area contributed by atoms with Gasteiger partial charge in [0.15, 0.2) is 0 Å². The van der Waals surface area contributed by atoms with Gasteiger partial charge in [-0.25, -0.2) is 13.1 Å². The van der Waals surface area contributed by atoms with Gasteiger partial charge in [0.1, 0.15) is 5.69 Å². The number of carbonyl (C=O) groups excluding carboxylic acids is 2. The molecule has 2 N–H and O–H groups in total. The van der Waals surface area contributed by atoms with E-state index in [9.17, 15) is 18.0 Å². The van der Waals surface area contributed by atoms with Crippen molar-refractivity contribution in [2.45, 2.75) is 24.7 Å². The van der Waals surface area contributed by atoms with Crippen LogP contribution in [0.4, 0.5) is 5.69 Å². The molecule has 0 aliphatic carbocycles. The largest absolute Gasteiger partial charge is 0.349 e. The fourth-order valence-corrected chi connectivity index (χ4v) is 4.29. The van der Waals surface area contributed by atoms with E-state index in [1.807, 2.05) is 0 Å². The number of aryl methyl sites for hydroxylation is 1. The van der Waals surface area contributed by atoms with E-state index in [4.69, 9.17) is 0 Å². The second-order valence-electron chi connectivity index (χ2n) is 6.47. The highest BCUT2D eigenvalue weighted by molar-refractivity contribution is 7.89. The molecule has 2 heterocycles. The summed E-state index contributed by atoms with van der Waals surface area (Å²) < 4.78 is 27.8. The van der Waals surface area contributed by atoms with E-state index in [0.717, 1.165) is 6.42 Å². The predicted octanol–water partition coefficient (Wildman–Crippen LogP) is 1.23. The number of nitrogens with zero attached hydrogens (tertiary/aromatic N) is 2. The zero-order valence-corrected chi connectivity index (χ0v) is 16.3. The maximum atomic E-state index is 12.7. The Labute approximate surface area is 164 Å². The molecule has 3 rings (SSSR count). The van der Waals surface area contributed by atoms with Crippen molar-refractivity contribution in [2.75, 3.05) is 24.5 Å². The number of sulfonamides is 1. The maximum Gasteiger partial charge on any atom is 0.269 e. The summed E-state index contributed by atoms with van der Waals surface area (Å²) in [6, 6.07) is 9.95. The van der Waals surface area contributed by atoms with Crippen molar-refractivity contribution in [1.82, 2.24) is 15.0 Å². The highest BCUT2D eigenvalue weighted by Crippen LogP contribution is 2.26.